The fourth-order valence-corrected chi connectivity index (χ4v) is 2.25. The van der Waals surface area contributed by atoms with E-state index in [1.54, 1.807) is 6.92 Å². The number of likely N-dealkylation sites (tertiary alicyclic amines) is 1. The largest absolute Gasteiger partial charge is 0.325 e. The quantitative estimate of drug-likeness (QED) is 0.850. The van der Waals surface area contributed by atoms with Crippen LogP contribution in [0.4, 0.5) is 5.69 Å². The normalized spacial score (nSPS) is 17.7. The maximum atomic E-state index is 11.6. The topological polar surface area (TPSA) is 32.3 Å². The predicted octanol–water partition coefficient (Wildman–Crippen LogP) is 2.85. The molecule has 1 saturated heterocycles. The number of carbonyl (C=O) groups is 1. The Bertz CT molecular complexity index is 414. The van der Waals surface area contributed by atoms with Gasteiger partial charge in [0.15, 0.2) is 0 Å². The lowest BCUT2D eigenvalue weighted by molar-refractivity contribution is -0.115. The summed E-state index contributed by atoms with van der Waals surface area (Å²) >= 11 is 5.78. The first-order valence-electron chi connectivity index (χ1n) is 6.42. The molecule has 4 heteroatoms. The number of para-hydroxylation sites is 1. The highest BCUT2D eigenvalue weighted by molar-refractivity contribution is 6.32. The van der Waals surface area contributed by atoms with Gasteiger partial charge in [0.1, 0.15) is 5.38 Å². The Kier molecular flexibility index (Phi) is 4.61. The molecule has 1 aromatic carbocycles. The summed E-state index contributed by atoms with van der Waals surface area (Å²) in [5.41, 5.74) is 2.03. The number of nitrogens with zero attached hydrogens (tertiary/aromatic N) is 1. The highest BCUT2D eigenvalue weighted by Crippen LogP contribution is 2.20. The number of alkyl halides is 1. The Balaban J connectivity index is 2.07. The molecule has 1 amide bonds. The fourth-order valence-electron chi connectivity index (χ4n) is 2.19. The smallest absolute Gasteiger partial charge is 0.242 e. The molecule has 0 radical (unpaired) electrons. The van der Waals surface area contributed by atoms with Crippen LogP contribution in [0.5, 0.6) is 0 Å². The van der Waals surface area contributed by atoms with Gasteiger partial charge in [0.25, 0.3) is 0 Å². The first-order valence-corrected chi connectivity index (χ1v) is 6.85. The molecule has 0 aromatic heterocycles. The third-order valence-electron chi connectivity index (χ3n) is 3.23. The molecule has 0 saturated carbocycles. The number of rotatable bonds is 4. The highest BCUT2D eigenvalue weighted by Gasteiger charge is 2.15. The Hall–Kier alpha value is -1.06. The van der Waals surface area contributed by atoms with E-state index in [1.165, 1.54) is 12.8 Å². The van der Waals surface area contributed by atoms with Crippen molar-refractivity contribution in [3.8, 4) is 0 Å². The van der Waals surface area contributed by atoms with Crippen LogP contribution in [0.25, 0.3) is 0 Å². The van der Waals surface area contributed by atoms with Crippen LogP contribution in [-0.2, 0) is 11.3 Å². The maximum Gasteiger partial charge on any atom is 0.242 e. The van der Waals surface area contributed by atoms with Crippen LogP contribution in [0.2, 0.25) is 0 Å². The summed E-state index contributed by atoms with van der Waals surface area (Å²) in [5.74, 6) is -0.148. The lowest BCUT2D eigenvalue weighted by Crippen LogP contribution is -2.23. The molecule has 0 bridgehead atoms. The van der Waals surface area contributed by atoms with Crippen molar-refractivity contribution >= 4 is 23.2 Å². The third-order valence-corrected chi connectivity index (χ3v) is 3.43. The highest BCUT2D eigenvalue weighted by atomic mass is 35.5. The van der Waals surface area contributed by atoms with Crippen molar-refractivity contribution in [3.05, 3.63) is 29.8 Å². The molecule has 1 aliphatic rings. The van der Waals surface area contributed by atoms with Crippen molar-refractivity contribution in [2.45, 2.75) is 31.7 Å². The molecule has 1 unspecified atom stereocenters. The SMILES string of the molecule is CC(Cl)C(=O)Nc1ccccc1CN1CCCC1. The van der Waals surface area contributed by atoms with Gasteiger partial charge < -0.3 is 5.32 Å². The molecule has 1 N–H and O–H groups in total. The summed E-state index contributed by atoms with van der Waals surface area (Å²) in [6, 6.07) is 7.93. The summed E-state index contributed by atoms with van der Waals surface area (Å²) in [4.78, 5) is 14.1. The van der Waals surface area contributed by atoms with Crippen molar-refractivity contribution in [3.63, 3.8) is 0 Å². The second-order valence-electron chi connectivity index (χ2n) is 4.75. The van der Waals surface area contributed by atoms with Crippen molar-refractivity contribution in [2.24, 2.45) is 0 Å². The second kappa shape index (κ2) is 6.21. The monoisotopic (exact) mass is 266 g/mol. The van der Waals surface area contributed by atoms with Crippen LogP contribution in [-0.4, -0.2) is 29.3 Å². The van der Waals surface area contributed by atoms with E-state index in [1.807, 2.05) is 18.2 Å². The van der Waals surface area contributed by atoms with Crippen LogP contribution in [0.15, 0.2) is 24.3 Å². The first kappa shape index (κ1) is 13.4. The van der Waals surface area contributed by atoms with E-state index in [9.17, 15) is 4.79 Å². The minimum atomic E-state index is -0.509. The van der Waals surface area contributed by atoms with Gasteiger partial charge in [-0.3, -0.25) is 9.69 Å². The van der Waals surface area contributed by atoms with Crippen molar-refractivity contribution in [1.29, 1.82) is 0 Å². The summed E-state index contributed by atoms with van der Waals surface area (Å²) < 4.78 is 0. The summed E-state index contributed by atoms with van der Waals surface area (Å²) in [7, 11) is 0. The molecule has 98 valence electrons. The third kappa shape index (κ3) is 3.47. The number of benzene rings is 1. The summed E-state index contributed by atoms with van der Waals surface area (Å²) in [6.07, 6.45) is 2.54. The molecule has 18 heavy (non-hydrogen) atoms. The Morgan fingerprint density at radius 3 is 2.72 bits per heavy atom. The van der Waals surface area contributed by atoms with Gasteiger partial charge in [-0.05, 0) is 44.5 Å². The first-order chi connectivity index (χ1) is 8.66. The molecule has 2 rings (SSSR count). The van der Waals surface area contributed by atoms with E-state index in [0.717, 1.165) is 30.9 Å². The average Bonchev–Trinajstić information content (AvgIpc) is 2.84. The van der Waals surface area contributed by atoms with Gasteiger partial charge in [-0.25, -0.2) is 0 Å². The Morgan fingerprint density at radius 2 is 2.06 bits per heavy atom. The maximum absolute atomic E-state index is 11.6. The molecular formula is C14H19ClN2O. The Labute approximate surface area is 113 Å². The number of carbonyl (C=O) groups excluding carboxylic acids is 1. The molecule has 1 aromatic rings. The Morgan fingerprint density at radius 1 is 1.39 bits per heavy atom. The number of nitrogens with one attached hydrogen (secondary N) is 1. The van der Waals surface area contributed by atoms with Crippen molar-refractivity contribution in [1.82, 2.24) is 4.90 Å². The van der Waals surface area contributed by atoms with Crippen LogP contribution in [0.1, 0.15) is 25.3 Å². The van der Waals surface area contributed by atoms with Crippen LogP contribution in [0.3, 0.4) is 0 Å². The van der Waals surface area contributed by atoms with E-state index in [-0.39, 0.29) is 5.91 Å². The average molecular weight is 267 g/mol. The number of hydrogen-bond acceptors (Lipinski definition) is 2. The van der Waals surface area contributed by atoms with Gasteiger partial charge in [-0.1, -0.05) is 18.2 Å². The number of halogens is 1. The number of anilines is 1. The van der Waals surface area contributed by atoms with E-state index in [4.69, 9.17) is 11.6 Å². The van der Waals surface area contributed by atoms with Crippen LogP contribution >= 0.6 is 11.6 Å². The molecule has 0 aliphatic carbocycles. The van der Waals surface area contributed by atoms with Gasteiger partial charge in [0, 0.05) is 12.2 Å². The molecule has 3 nitrogen and oxygen atoms in total. The van der Waals surface area contributed by atoms with Crippen molar-refractivity contribution < 1.29 is 4.79 Å². The van der Waals surface area contributed by atoms with Gasteiger partial charge >= 0.3 is 0 Å². The van der Waals surface area contributed by atoms with E-state index >= 15 is 0 Å². The molecule has 1 atom stereocenters. The lowest BCUT2D eigenvalue weighted by Gasteiger charge is -2.18. The second-order valence-corrected chi connectivity index (χ2v) is 5.40. The molecule has 1 aliphatic heterocycles. The molecular weight excluding hydrogens is 248 g/mol. The minimum Gasteiger partial charge on any atom is -0.325 e. The van der Waals surface area contributed by atoms with E-state index in [2.05, 4.69) is 16.3 Å². The van der Waals surface area contributed by atoms with Crippen molar-refractivity contribution in [2.75, 3.05) is 18.4 Å². The minimum absolute atomic E-state index is 0.148. The lowest BCUT2D eigenvalue weighted by atomic mass is 10.1. The zero-order valence-corrected chi connectivity index (χ0v) is 11.4. The molecule has 0 spiro atoms. The van der Waals surface area contributed by atoms with E-state index < -0.39 is 5.38 Å². The van der Waals surface area contributed by atoms with E-state index in [0.29, 0.717) is 0 Å². The van der Waals surface area contributed by atoms with Crippen LogP contribution in [0, 0.1) is 0 Å². The predicted molar refractivity (Wildman–Crippen MR) is 74.9 cm³/mol. The zero-order valence-electron chi connectivity index (χ0n) is 10.7. The standard InChI is InChI=1S/C14H19ClN2O/c1-11(15)14(18)16-13-7-3-2-6-12(13)10-17-8-4-5-9-17/h2-3,6-7,11H,4-5,8-10H2,1H3,(H,16,18). The van der Waals surface area contributed by atoms with Crippen LogP contribution < -0.4 is 5.32 Å². The van der Waals surface area contributed by atoms with Gasteiger partial charge in [0.2, 0.25) is 5.91 Å². The fraction of sp³-hybridized carbons (Fsp3) is 0.500. The van der Waals surface area contributed by atoms with Gasteiger partial charge in [-0.2, -0.15) is 0 Å². The van der Waals surface area contributed by atoms with Gasteiger partial charge in [0.05, 0.1) is 0 Å². The number of amides is 1. The molecule has 1 heterocycles. The van der Waals surface area contributed by atoms with Gasteiger partial charge in [-0.15, -0.1) is 11.6 Å². The summed E-state index contributed by atoms with van der Waals surface area (Å²) in [5, 5.41) is 2.38. The summed E-state index contributed by atoms with van der Waals surface area (Å²) in [6.45, 7) is 4.87. The zero-order chi connectivity index (χ0) is 13.0. The number of hydrogen-bond donors (Lipinski definition) is 1. The molecule has 1 fully saturated rings.